The minimum Gasteiger partial charge on any atom is -0.481 e. The van der Waals surface area contributed by atoms with Gasteiger partial charge in [0.2, 0.25) is 6.29 Å². The molecule has 1 saturated carbocycles. The summed E-state index contributed by atoms with van der Waals surface area (Å²) in [7, 11) is 0. The fourth-order valence-electron chi connectivity index (χ4n) is 3.96. The molecule has 0 aliphatic heterocycles. The number of carbonyl (C=O) groups is 2. The smallest absolute Gasteiger partial charge is 0.315 e. The zero-order valence-corrected chi connectivity index (χ0v) is 16.2. The summed E-state index contributed by atoms with van der Waals surface area (Å²) >= 11 is 0. The van der Waals surface area contributed by atoms with Gasteiger partial charge in [-0.05, 0) is 60.8 Å². The van der Waals surface area contributed by atoms with Crippen LogP contribution in [0.5, 0.6) is 0 Å². The van der Waals surface area contributed by atoms with Crippen molar-refractivity contribution in [3.8, 4) is 0 Å². The highest BCUT2D eigenvalue weighted by atomic mass is 16.7. The van der Waals surface area contributed by atoms with Gasteiger partial charge in [0.25, 0.3) is 0 Å². The molecule has 2 aliphatic rings. The van der Waals surface area contributed by atoms with Gasteiger partial charge in [-0.3, -0.25) is 9.59 Å². The second-order valence-corrected chi connectivity index (χ2v) is 8.97. The highest BCUT2D eigenvalue weighted by Crippen LogP contribution is 2.54. The molecule has 0 amide bonds. The van der Waals surface area contributed by atoms with E-state index < -0.39 is 46.9 Å². The second kappa shape index (κ2) is 6.40. The summed E-state index contributed by atoms with van der Waals surface area (Å²) in [6, 6.07) is 0. The van der Waals surface area contributed by atoms with Crippen LogP contribution in [0.4, 0.5) is 0 Å². The number of fused-ring (bicyclic) bond motifs is 2. The molecule has 6 heteroatoms. The van der Waals surface area contributed by atoms with Gasteiger partial charge in [0, 0.05) is 0 Å². The summed E-state index contributed by atoms with van der Waals surface area (Å²) < 4.78 is 17.3. The van der Waals surface area contributed by atoms with Crippen molar-refractivity contribution in [2.24, 2.45) is 17.8 Å². The Morgan fingerprint density at radius 1 is 1.16 bits per heavy atom. The van der Waals surface area contributed by atoms with E-state index in [0.29, 0.717) is 6.42 Å². The van der Waals surface area contributed by atoms with Crippen LogP contribution in [-0.2, 0) is 23.8 Å². The molecule has 0 heterocycles. The molecule has 2 rings (SSSR count). The molecule has 1 fully saturated rings. The van der Waals surface area contributed by atoms with Crippen molar-refractivity contribution in [1.29, 1.82) is 0 Å². The number of rotatable bonds is 5. The first-order chi connectivity index (χ1) is 11.2. The average Bonchev–Trinajstić information content (AvgIpc) is 2.87. The average molecular weight is 354 g/mol. The van der Waals surface area contributed by atoms with Crippen LogP contribution in [0.25, 0.3) is 0 Å². The fraction of sp³-hybridized carbons (Fsp3) is 0.789. The number of carboxylic acid groups (broad SMARTS) is 1. The van der Waals surface area contributed by atoms with Crippen molar-refractivity contribution in [1.82, 2.24) is 0 Å². The number of esters is 1. The maximum Gasteiger partial charge on any atom is 0.315 e. The molecular formula is C19H30O6. The molecule has 142 valence electrons. The maximum atomic E-state index is 12.9. The number of hydrogen-bond donors (Lipinski definition) is 1. The standard InChI is InChI=1S/C19H30O6/c1-11(24-17(2,3)4)23-16(22)14-13(15(20)21)12-8-9-19(14,10-12)25-18(5,6)7/h8-9,11-14H,10H2,1-7H3,(H,20,21). The minimum atomic E-state index is -1.000. The van der Waals surface area contributed by atoms with Crippen LogP contribution in [0.2, 0.25) is 0 Å². The van der Waals surface area contributed by atoms with Crippen molar-refractivity contribution in [2.45, 2.75) is 78.0 Å². The number of carbonyl (C=O) groups excluding carboxylic acids is 1. The minimum absolute atomic E-state index is 0.226. The summed E-state index contributed by atoms with van der Waals surface area (Å²) in [6.07, 6.45) is 3.40. The monoisotopic (exact) mass is 354 g/mol. The van der Waals surface area contributed by atoms with Crippen LogP contribution in [0.1, 0.15) is 54.9 Å². The molecule has 2 bridgehead atoms. The van der Waals surface area contributed by atoms with Gasteiger partial charge in [-0.15, -0.1) is 0 Å². The van der Waals surface area contributed by atoms with Crippen LogP contribution in [0, 0.1) is 17.8 Å². The van der Waals surface area contributed by atoms with Gasteiger partial charge >= 0.3 is 11.9 Å². The Balaban J connectivity index is 2.25. The van der Waals surface area contributed by atoms with Gasteiger partial charge in [-0.25, -0.2) is 0 Å². The summed E-state index contributed by atoms with van der Waals surface area (Å²) in [4.78, 5) is 24.7. The van der Waals surface area contributed by atoms with E-state index in [0.717, 1.165) is 0 Å². The normalized spacial score (nSPS) is 32.7. The molecule has 25 heavy (non-hydrogen) atoms. The molecule has 6 nitrogen and oxygen atoms in total. The first-order valence-electron chi connectivity index (χ1n) is 8.75. The summed E-state index contributed by atoms with van der Waals surface area (Å²) in [5.41, 5.74) is -1.93. The van der Waals surface area contributed by atoms with E-state index in [4.69, 9.17) is 14.2 Å². The predicted octanol–water partition coefficient (Wildman–Crippen LogP) is 3.15. The van der Waals surface area contributed by atoms with E-state index in [-0.39, 0.29) is 5.92 Å². The van der Waals surface area contributed by atoms with E-state index in [1.165, 1.54) is 0 Å². The van der Waals surface area contributed by atoms with E-state index in [1.807, 2.05) is 53.7 Å². The molecule has 5 atom stereocenters. The van der Waals surface area contributed by atoms with Crippen LogP contribution >= 0.6 is 0 Å². The Morgan fingerprint density at radius 3 is 2.24 bits per heavy atom. The Morgan fingerprint density at radius 2 is 1.76 bits per heavy atom. The maximum absolute atomic E-state index is 12.9. The molecule has 0 saturated heterocycles. The third kappa shape index (κ3) is 4.42. The lowest BCUT2D eigenvalue weighted by Crippen LogP contribution is -2.49. The van der Waals surface area contributed by atoms with Crippen LogP contribution < -0.4 is 0 Å². The molecule has 0 aromatic heterocycles. The Hall–Kier alpha value is -1.40. The van der Waals surface area contributed by atoms with Crippen molar-refractivity contribution in [3.05, 3.63) is 12.2 Å². The van der Waals surface area contributed by atoms with Gasteiger partial charge in [-0.1, -0.05) is 12.2 Å². The van der Waals surface area contributed by atoms with Gasteiger partial charge in [0.15, 0.2) is 0 Å². The van der Waals surface area contributed by atoms with Gasteiger partial charge in [-0.2, -0.15) is 0 Å². The Kier molecular flexibility index (Phi) is 5.10. The molecule has 0 aromatic rings. The summed E-state index contributed by atoms with van der Waals surface area (Å²) in [5.74, 6) is -3.54. The van der Waals surface area contributed by atoms with E-state index in [1.54, 1.807) is 6.92 Å². The van der Waals surface area contributed by atoms with Gasteiger partial charge in [0.05, 0.1) is 17.1 Å². The van der Waals surface area contributed by atoms with Crippen molar-refractivity contribution >= 4 is 11.9 Å². The van der Waals surface area contributed by atoms with E-state index in [9.17, 15) is 14.7 Å². The topological polar surface area (TPSA) is 82.1 Å². The van der Waals surface area contributed by atoms with E-state index in [2.05, 4.69) is 0 Å². The number of carboxylic acids is 1. The van der Waals surface area contributed by atoms with Crippen molar-refractivity contribution in [2.75, 3.05) is 0 Å². The first-order valence-corrected chi connectivity index (χ1v) is 8.75. The summed E-state index contributed by atoms with van der Waals surface area (Å²) in [6.45, 7) is 12.9. The predicted molar refractivity (Wildman–Crippen MR) is 91.8 cm³/mol. The fourth-order valence-corrected chi connectivity index (χ4v) is 3.96. The lowest BCUT2D eigenvalue weighted by Gasteiger charge is -2.39. The molecule has 2 aliphatic carbocycles. The molecule has 5 unspecified atom stereocenters. The van der Waals surface area contributed by atoms with Crippen molar-refractivity contribution < 1.29 is 28.9 Å². The van der Waals surface area contributed by atoms with Gasteiger partial charge < -0.3 is 19.3 Å². The number of aliphatic carboxylic acids is 1. The lowest BCUT2D eigenvalue weighted by atomic mass is 9.80. The zero-order chi connectivity index (χ0) is 19.2. The third-order valence-corrected chi connectivity index (χ3v) is 4.36. The van der Waals surface area contributed by atoms with Crippen molar-refractivity contribution in [3.63, 3.8) is 0 Å². The molecule has 1 N–H and O–H groups in total. The highest BCUT2D eigenvalue weighted by Gasteiger charge is 2.63. The SMILES string of the molecule is CC(OC(=O)C1C(C(=O)O)C2C=CC1(OC(C)(C)C)C2)OC(C)(C)C. The number of ether oxygens (including phenoxy) is 3. The number of hydrogen-bond acceptors (Lipinski definition) is 5. The third-order valence-electron chi connectivity index (χ3n) is 4.36. The Labute approximate surface area is 149 Å². The van der Waals surface area contributed by atoms with Crippen LogP contribution in [0.3, 0.4) is 0 Å². The van der Waals surface area contributed by atoms with Gasteiger partial charge in [0.1, 0.15) is 11.5 Å². The Bertz CT molecular complexity index is 567. The molecule has 0 radical (unpaired) electrons. The zero-order valence-electron chi connectivity index (χ0n) is 16.2. The quantitative estimate of drug-likeness (QED) is 0.464. The molecule has 0 aromatic carbocycles. The molecule has 0 spiro atoms. The molecular weight excluding hydrogens is 324 g/mol. The van der Waals surface area contributed by atoms with E-state index >= 15 is 0 Å². The lowest BCUT2D eigenvalue weighted by molar-refractivity contribution is -0.212. The largest absolute Gasteiger partial charge is 0.481 e. The van der Waals surface area contributed by atoms with Crippen LogP contribution in [0.15, 0.2) is 12.2 Å². The number of allylic oxidation sites excluding steroid dienone is 1. The highest BCUT2D eigenvalue weighted by molar-refractivity contribution is 5.85. The first kappa shape index (κ1) is 19.9. The summed E-state index contributed by atoms with van der Waals surface area (Å²) in [5, 5.41) is 9.66. The van der Waals surface area contributed by atoms with Crippen LogP contribution in [-0.4, -0.2) is 40.1 Å². The second-order valence-electron chi connectivity index (χ2n) is 8.97.